The fourth-order valence-electron chi connectivity index (χ4n) is 2.44. The second kappa shape index (κ2) is 8.49. The van der Waals surface area contributed by atoms with E-state index in [9.17, 15) is 22.4 Å². The number of carbonyl (C=O) groups excluding carboxylic acids is 1. The molecule has 2 heterocycles. The van der Waals surface area contributed by atoms with Gasteiger partial charge in [-0.1, -0.05) is 23.2 Å². The summed E-state index contributed by atoms with van der Waals surface area (Å²) in [5.74, 6) is -2.37. The van der Waals surface area contributed by atoms with Crippen LogP contribution in [-0.4, -0.2) is 23.0 Å². The number of furan rings is 1. The van der Waals surface area contributed by atoms with Gasteiger partial charge in [0.25, 0.3) is 0 Å². The third-order valence-electron chi connectivity index (χ3n) is 3.87. The highest BCUT2D eigenvalue weighted by Gasteiger charge is 2.35. The Morgan fingerprint density at radius 2 is 1.93 bits per heavy atom. The van der Waals surface area contributed by atoms with Crippen LogP contribution in [0.3, 0.4) is 0 Å². The van der Waals surface area contributed by atoms with E-state index >= 15 is 0 Å². The third-order valence-corrected chi connectivity index (χ3v) is 4.60. The van der Waals surface area contributed by atoms with Crippen molar-refractivity contribution in [3.8, 4) is 11.4 Å². The average Bonchev–Trinajstić information content (AvgIpc) is 3.21. The van der Waals surface area contributed by atoms with Crippen LogP contribution in [0, 0.1) is 5.82 Å². The number of rotatable bonds is 5. The molecular weight excluding hydrogens is 453 g/mol. The minimum Gasteiger partial charge on any atom is -0.467 e. The van der Waals surface area contributed by atoms with Crippen molar-refractivity contribution in [2.24, 2.45) is 0 Å². The van der Waals surface area contributed by atoms with Gasteiger partial charge in [0.15, 0.2) is 17.3 Å². The molecule has 0 radical (unpaired) electrons. The van der Waals surface area contributed by atoms with Crippen LogP contribution >= 0.6 is 23.2 Å². The molecule has 12 heteroatoms. The summed E-state index contributed by atoms with van der Waals surface area (Å²) in [6.45, 7) is 0.0973. The normalized spacial score (nSPS) is 11.4. The molecule has 0 atom stereocenters. The first-order chi connectivity index (χ1) is 14.1. The van der Waals surface area contributed by atoms with Gasteiger partial charge in [0.05, 0.1) is 36.1 Å². The van der Waals surface area contributed by atoms with Crippen molar-refractivity contribution in [3.63, 3.8) is 0 Å². The zero-order valence-corrected chi connectivity index (χ0v) is 16.5. The number of methoxy groups -OCH3 is 1. The Morgan fingerprint density at radius 1 is 1.20 bits per heavy atom. The van der Waals surface area contributed by atoms with Gasteiger partial charge in [-0.25, -0.2) is 19.2 Å². The van der Waals surface area contributed by atoms with Gasteiger partial charge in [0.2, 0.25) is 0 Å². The van der Waals surface area contributed by atoms with Crippen molar-refractivity contribution in [1.82, 2.24) is 9.97 Å². The summed E-state index contributed by atoms with van der Waals surface area (Å²) in [7, 11) is 1.08. The van der Waals surface area contributed by atoms with E-state index in [0.717, 1.165) is 13.2 Å². The number of nitrogens with zero attached hydrogens (tertiary/aromatic N) is 2. The van der Waals surface area contributed by atoms with Gasteiger partial charge in [-0.3, -0.25) is 0 Å². The lowest BCUT2D eigenvalue weighted by Crippen LogP contribution is -2.12. The molecule has 1 N–H and O–H groups in total. The fraction of sp³-hybridized carbons (Fsp3) is 0.167. The summed E-state index contributed by atoms with van der Waals surface area (Å²) in [5, 5.41) is 1.42. The molecule has 0 aliphatic carbocycles. The average molecular weight is 464 g/mol. The van der Waals surface area contributed by atoms with Gasteiger partial charge in [-0.2, -0.15) is 13.2 Å². The fourth-order valence-corrected chi connectivity index (χ4v) is 2.94. The number of anilines is 1. The van der Waals surface area contributed by atoms with E-state index in [-0.39, 0.29) is 17.4 Å². The summed E-state index contributed by atoms with van der Waals surface area (Å²) >= 11 is 11.7. The van der Waals surface area contributed by atoms with Crippen LogP contribution in [0.5, 0.6) is 0 Å². The van der Waals surface area contributed by atoms with Crippen molar-refractivity contribution in [3.05, 3.63) is 63.4 Å². The highest BCUT2D eigenvalue weighted by atomic mass is 35.5. The maximum Gasteiger partial charge on any atom is 0.417 e. The zero-order chi connectivity index (χ0) is 22.1. The largest absolute Gasteiger partial charge is 0.467 e. The highest BCUT2D eigenvalue weighted by Crippen LogP contribution is 2.39. The van der Waals surface area contributed by atoms with Crippen LogP contribution < -0.4 is 5.32 Å². The third kappa shape index (κ3) is 4.34. The molecular formula is C18H11Cl2F4N3O3. The van der Waals surface area contributed by atoms with Gasteiger partial charge >= 0.3 is 12.1 Å². The molecule has 3 rings (SSSR count). The maximum atomic E-state index is 14.6. The Hall–Kier alpha value is -2.85. The SMILES string of the molecule is COC(=O)c1nc(-c2ccc(C(F)(F)F)c(Cl)c2F)nc(NCc2ccco2)c1Cl. The lowest BCUT2D eigenvalue weighted by Gasteiger charge is -2.14. The molecule has 3 aromatic rings. The number of nitrogens with one attached hydrogen (secondary N) is 1. The molecule has 0 spiro atoms. The van der Waals surface area contributed by atoms with Gasteiger partial charge in [0.1, 0.15) is 16.6 Å². The van der Waals surface area contributed by atoms with Gasteiger partial charge in [-0.15, -0.1) is 0 Å². The van der Waals surface area contributed by atoms with Crippen LogP contribution in [0.25, 0.3) is 11.4 Å². The molecule has 0 aliphatic rings. The number of ether oxygens (including phenoxy) is 1. The molecule has 0 amide bonds. The van der Waals surface area contributed by atoms with E-state index in [0.29, 0.717) is 11.8 Å². The second-order valence-electron chi connectivity index (χ2n) is 5.77. The molecule has 0 saturated heterocycles. The van der Waals surface area contributed by atoms with Gasteiger partial charge in [-0.05, 0) is 24.3 Å². The number of halogens is 6. The first-order valence-corrected chi connectivity index (χ1v) is 8.86. The van der Waals surface area contributed by atoms with E-state index in [4.69, 9.17) is 27.6 Å². The van der Waals surface area contributed by atoms with Crippen molar-refractivity contribution in [2.45, 2.75) is 12.7 Å². The van der Waals surface area contributed by atoms with Crippen LogP contribution in [0.1, 0.15) is 21.8 Å². The molecule has 30 heavy (non-hydrogen) atoms. The lowest BCUT2D eigenvalue weighted by atomic mass is 10.1. The number of hydrogen-bond acceptors (Lipinski definition) is 6. The quantitative estimate of drug-likeness (QED) is 0.392. The number of aromatic nitrogens is 2. The van der Waals surface area contributed by atoms with E-state index < -0.39 is 45.6 Å². The molecule has 0 aliphatic heterocycles. The number of alkyl halides is 3. The topological polar surface area (TPSA) is 77.2 Å². The van der Waals surface area contributed by atoms with Crippen LogP contribution in [0.4, 0.5) is 23.4 Å². The predicted molar refractivity (Wildman–Crippen MR) is 99.8 cm³/mol. The Kier molecular flexibility index (Phi) is 6.18. The second-order valence-corrected chi connectivity index (χ2v) is 6.53. The minimum atomic E-state index is -4.86. The molecule has 0 unspecified atom stereocenters. The smallest absolute Gasteiger partial charge is 0.417 e. The molecule has 2 aromatic heterocycles. The maximum absolute atomic E-state index is 14.6. The first kappa shape index (κ1) is 21.8. The zero-order valence-electron chi connectivity index (χ0n) is 15.0. The summed E-state index contributed by atoms with van der Waals surface area (Å²) in [6, 6.07) is 4.69. The number of esters is 1. The van der Waals surface area contributed by atoms with Gasteiger partial charge in [0, 0.05) is 0 Å². The number of hydrogen-bond donors (Lipinski definition) is 1. The van der Waals surface area contributed by atoms with Crippen molar-refractivity contribution >= 4 is 35.0 Å². The van der Waals surface area contributed by atoms with E-state index in [1.54, 1.807) is 12.1 Å². The molecule has 1 aromatic carbocycles. The highest BCUT2D eigenvalue weighted by molar-refractivity contribution is 6.35. The minimum absolute atomic E-state index is 0.0890. The van der Waals surface area contributed by atoms with Crippen molar-refractivity contribution < 1.29 is 31.5 Å². The predicted octanol–water partition coefficient (Wildman–Crippen LogP) is 5.60. The molecule has 158 valence electrons. The van der Waals surface area contributed by atoms with Crippen molar-refractivity contribution in [1.29, 1.82) is 0 Å². The lowest BCUT2D eigenvalue weighted by molar-refractivity contribution is -0.137. The summed E-state index contributed by atoms with van der Waals surface area (Å²) in [5.41, 5.74) is -2.24. The molecule has 0 bridgehead atoms. The molecule has 0 fully saturated rings. The monoisotopic (exact) mass is 463 g/mol. The molecule has 6 nitrogen and oxygen atoms in total. The molecule has 0 saturated carbocycles. The van der Waals surface area contributed by atoms with Crippen LogP contribution in [-0.2, 0) is 17.5 Å². The van der Waals surface area contributed by atoms with Crippen molar-refractivity contribution in [2.75, 3.05) is 12.4 Å². The van der Waals surface area contributed by atoms with E-state index in [2.05, 4.69) is 20.0 Å². The van der Waals surface area contributed by atoms with Gasteiger partial charge < -0.3 is 14.5 Å². The van der Waals surface area contributed by atoms with Crippen LogP contribution in [0.15, 0.2) is 34.9 Å². The Labute approximate surface area is 176 Å². The number of benzene rings is 1. The Bertz CT molecular complexity index is 1090. The van der Waals surface area contributed by atoms with E-state index in [1.807, 2.05) is 0 Å². The first-order valence-electron chi connectivity index (χ1n) is 8.11. The van der Waals surface area contributed by atoms with Crippen LogP contribution in [0.2, 0.25) is 10.0 Å². The summed E-state index contributed by atoms with van der Waals surface area (Å²) < 4.78 is 63.3. The number of carbonyl (C=O) groups is 1. The van der Waals surface area contributed by atoms with E-state index in [1.165, 1.54) is 6.26 Å². The summed E-state index contributed by atoms with van der Waals surface area (Å²) in [6.07, 6.45) is -3.42. The summed E-state index contributed by atoms with van der Waals surface area (Å²) in [4.78, 5) is 19.9. The standard InChI is InChI=1S/C18H11Cl2F4N3O3/c1-29-17(28)14-12(20)16(25-7-8-3-2-6-30-8)27-15(26-14)9-4-5-10(18(22,23)24)11(19)13(9)21/h2-6H,7H2,1H3,(H,25,26,27). The Morgan fingerprint density at radius 3 is 2.53 bits per heavy atom. The Balaban J connectivity index is 2.11.